The molecule has 2 fully saturated rings. The summed E-state index contributed by atoms with van der Waals surface area (Å²) in [4.78, 5) is 21.7. The predicted octanol–water partition coefficient (Wildman–Crippen LogP) is 4.68. The van der Waals surface area contributed by atoms with Crippen LogP contribution in [0.3, 0.4) is 0 Å². The van der Waals surface area contributed by atoms with E-state index in [1.165, 1.54) is 0 Å². The molecule has 0 radical (unpaired) electrons. The maximum Gasteiger partial charge on any atom is 0.225 e. The number of rotatable bonds is 9. The van der Waals surface area contributed by atoms with Crippen molar-refractivity contribution in [3.63, 3.8) is 0 Å². The van der Waals surface area contributed by atoms with Gasteiger partial charge in [-0.3, -0.25) is 4.79 Å². The molecule has 1 aromatic heterocycles. The van der Waals surface area contributed by atoms with Crippen LogP contribution in [0.4, 0.5) is 5.82 Å². The first-order chi connectivity index (χ1) is 16.9. The Balaban J connectivity index is 1.59. The lowest BCUT2D eigenvalue weighted by Crippen LogP contribution is -2.54. The minimum atomic E-state index is -0.116. The molecule has 2 heterocycles. The Morgan fingerprint density at radius 2 is 1.97 bits per heavy atom. The second-order valence-electron chi connectivity index (χ2n) is 9.95. The van der Waals surface area contributed by atoms with Crippen molar-refractivity contribution in [3.05, 3.63) is 53.2 Å². The Bertz CT molecular complexity index is 1060. The molecular weight excluding hydrogens is 440 g/mol. The van der Waals surface area contributed by atoms with E-state index in [-0.39, 0.29) is 24.0 Å². The molecule has 7 nitrogen and oxygen atoms in total. The van der Waals surface area contributed by atoms with Gasteiger partial charge in [-0.15, -0.1) is 0 Å². The van der Waals surface area contributed by atoms with E-state index in [1.807, 2.05) is 29.2 Å². The number of aromatic nitrogens is 1. The van der Waals surface area contributed by atoms with Crippen LogP contribution in [0.2, 0.25) is 0 Å². The van der Waals surface area contributed by atoms with Gasteiger partial charge in [-0.05, 0) is 31.2 Å². The Morgan fingerprint density at radius 1 is 1.23 bits per heavy atom. The number of pyridine rings is 1. The Labute approximate surface area is 208 Å². The van der Waals surface area contributed by atoms with Crippen LogP contribution in [0.5, 0.6) is 5.75 Å². The van der Waals surface area contributed by atoms with Crippen molar-refractivity contribution in [2.24, 2.45) is 5.92 Å². The van der Waals surface area contributed by atoms with E-state index < -0.39 is 0 Å². The summed E-state index contributed by atoms with van der Waals surface area (Å²) in [6.45, 7) is 8.67. The van der Waals surface area contributed by atoms with Crippen molar-refractivity contribution < 1.29 is 14.3 Å². The molecule has 0 spiro atoms. The van der Waals surface area contributed by atoms with Gasteiger partial charge in [0, 0.05) is 44.8 Å². The van der Waals surface area contributed by atoms with Gasteiger partial charge >= 0.3 is 0 Å². The highest BCUT2D eigenvalue weighted by molar-refractivity contribution is 5.77. The van der Waals surface area contributed by atoms with E-state index in [0.29, 0.717) is 50.0 Å². The lowest BCUT2D eigenvalue weighted by atomic mass is 9.99. The SMILES string of the molecule is COCCC(=O)N1CCN(c2nc(C3CC3)c(OC(c3ccccc3)C(C)C)cc2C#N)C[C@H]1C. The lowest BCUT2D eigenvalue weighted by molar-refractivity contribution is -0.134. The van der Waals surface area contributed by atoms with Crippen LogP contribution in [0, 0.1) is 17.2 Å². The highest BCUT2D eigenvalue weighted by atomic mass is 16.5. The van der Waals surface area contributed by atoms with E-state index in [0.717, 1.165) is 29.8 Å². The molecule has 35 heavy (non-hydrogen) atoms. The standard InChI is InChI=1S/C28H36N4O3/c1-19(2)27(22-8-6-5-7-9-22)35-24-16-23(17-29)28(30-26(24)21-10-11-21)31-13-14-32(20(3)18-31)25(33)12-15-34-4/h5-9,16,19-21,27H,10-15,18H2,1-4H3/t20-,27?/m1/s1. The van der Waals surface area contributed by atoms with Crippen LogP contribution in [0.25, 0.3) is 0 Å². The molecule has 1 aliphatic heterocycles. The number of hydrogen-bond acceptors (Lipinski definition) is 6. The number of nitrogens with zero attached hydrogens (tertiary/aromatic N) is 4. The minimum Gasteiger partial charge on any atom is -0.483 e. The van der Waals surface area contributed by atoms with E-state index in [1.54, 1.807) is 7.11 Å². The van der Waals surface area contributed by atoms with Crippen molar-refractivity contribution in [3.8, 4) is 11.8 Å². The Kier molecular flexibility index (Phi) is 7.92. The van der Waals surface area contributed by atoms with Crippen LogP contribution < -0.4 is 9.64 Å². The number of piperazine rings is 1. The summed E-state index contributed by atoms with van der Waals surface area (Å²) in [5, 5.41) is 10.0. The van der Waals surface area contributed by atoms with Crippen LogP contribution >= 0.6 is 0 Å². The van der Waals surface area contributed by atoms with Crippen LogP contribution in [-0.2, 0) is 9.53 Å². The van der Waals surface area contributed by atoms with Gasteiger partial charge in [0.25, 0.3) is 0 Å². The normalized spacial score (nSPS) is 18.9. The van der Waals surface area contributed by atoms with Crippen molar-refractivity contribution in [2.75, 3.05) is 38.3 Å². The zero-order chi connectivity index (χ0) is 24.9. The van der Waals surface area contributed by atoms with E-state index in [9.17, 15) is 10.1 Å². The van der Waals surface area contributed by atoms with Gasteiger partial charge in [0.15, 0.2) is 0 Å². The van der Waals surface area contributed by atoms with Gasteiger partial charge in [0.2, 0.25) is 5.91 Å². The number of carbonyl (C=O) groups excluding carboxylic acids is 1. The predicted molar refractivity (Wildman–Crippen MR) is 135 cm³/mol. The van der Waals surface area contributed by atoms with E-state index in [4.69, 9.17) is 14.5 Å². The Morgan fingerprint density at radius 3 is 2.57 bits per heavy atom. The summed E-state index contributed by atoms with van der Waals surface area (Å²) in [6, 6.07) is 14.5. The number of amides is 1. The second kappa shape index (κ2) is 11.1. The number of hydrogen-bond donors (Lipinski definition) is 0. The van der Waals surface area contributed by atoms with E-state index >= 15 is 0 Å². The smallest absolute Gasteiger partial charge is 0.225 e. The van der Waals surface area contributed by atoms with Crippen molar-refractivity contribution in [2.45, 2.75) is 58.1 Å². The molecular formula is C28H36N4O3. The number of nitriles is 1. The van der Waals surface area contributed by atoms with Gasteiger partial charge in [-0.25, -0.2) is 4.98 Å². The van der Waals surface area contributed by atoms with Gasteiger partial charge in [0.1, 0.15) is 23.7 Å². The monoisotopic (exact) mass is 476 g/mol. The molecule has 1 aromatic carbocycles. The van der Waals surface area contributed by atoms with Crippen molar-refractivity contribution >= 4 is 11.7 Å². The summed E-state index contributed by atoms with van der Waals surface area (Å²) >= 11 is 0. The molecule has 2 atom stereocenters. The van der Waals surface area contributed by atoms with Crippen LogP contribution in [0.1, 0.15) is 68.9 Å². The molecule has 0 N–H and O–H groups in total. The van der Waals surface area contributed by atoms with Gasteiger partial charge in [-0.1, -0.05) is 44.2 Å². The number of anilines is 1. The van der Waals surface area contributed by atoms with Crippen LogP contribution in [-0.4, -0.2) is 55.2 Å². The summed E-state index contributed by atoms with van der Waals surface area (Å²) in [5.74, 6) is 2.17. The molecule has 2 aromatic rings. The number of carbonyl (C=O) groups is 1. The first-order valence-corrected chi connectivity index (χ1v) is 12.6. The third kappa shape index (κ3) is 5.76. The van der Waals surface area contributed by atoms with Crippen molar-refractivity contribution in [1.82, 2.24) is 9.88 Å². The van der Waals surface area contributed by atoms with E-state index in [2.05, 4.69) is 43.9 Å². The molecule has 4 rings (SSSR count). The summed E-state index contributed by atoms with van der Waals surface area (Å²) in [7, 11) is 1.61. The molecule has 7 heteroatoms. The zero-order valence-corrected chi connectivity index (χ0v) is 21.2. The van der Waals surface area contributed by atoms with Gasteiger partial charge in [0.05, 0.1) is 24.3 Å². The Hall–Kier alpha value is -3.11. The number of methoxy groups -OCH3 is 1. The highest BCUT2D eigenvalue weighted by Gasteiger charge is 2.34. The molecule has 186 valence electrons. The average molecular weight is 477 g/mol. The quantitative estimate of drug-likeness (QED) is 0.523. The largest absolute Gasteiger partial charge is 0.483 e. The van der Waals surface area contributed by atoms with Crippen LogP contribution in [0.15, 0.2) is 36.4 Å². The molecule has 1 amide bonds. The summed E-state index contributed by atoms with van der Waals surface area (Å²) in [5.41, 5.74) is 2.59. The highest BCUT2D eigenvalue weighted by Crippen LogP contribution is 2.46. The first-order valence-electron chi connectivity index (χ1n) is 12.6. The topological polar surface area (TPSA) is 78.7 Å². The molecule has 1 unspecified atom stereocenters. The minimum absolute atomic E-state index is 0.0325. The molecule has 0 bridgehead atoms. The lowest BCUT2D eigenvalue weighted by Gasteiger charge is -2.41. The fourth-order valence-electron chi connectivity index (χ4n) is 4.79. The van der Waals surface area contributed by atoms with Crippen molar-refractivity contribution in [1.29, 1.82) is 5.26 Å². The number of ether oxygens (including phenoxy) is 2. The second-order valence-corrected chi connectivity index (χ2v) is 9.95. The molecule has 1 aliphatic carbocycles. The fourth-order valence-corrected chi connectivity index (χ4v) is 4.79. The first kappa shape index (κ1) is 25.0. The van der Waals surface area contributed by atoms with Gasteiger partial charge < -0.3 is 19.3 Å². The molecule has 1 saturated heterocycles. The zero-order valence-electron chi connectivity index (χ0n) is 21.2. The molecule has 1 saturated carbocycles. The van der Waals surface area contributed by atoms with Gasteiger partial charge in [-0.2, -0.15) is 5.26 Å². The third-order valence-corrected chi connectivity index (χ3v) is 6.83. The maximum atomic E-state index is 12.5. The molecule has 2 aliphatic rings. The number of benzene rings is 1. The summed E-state index contributed by atoms with van der Waals surface area (Å²) in [6.07, 6.45) is 2.45. The fraction of sp³-hybridized carbons (Fsp3) is 0.536. The maximum absolute atomic E-state index is 12.5. The third-order valence-electron chi connectivity index (χ3n) is 6.83. The summed E-state index contributed by atoms with van der Waals surface area (Å²) < 4.78 is 11.7. The average Bonchev–Trinajstić information content (AvgIpc) is 3.71.